The van der Waals surface area contributed by atoms with E-state index in [1.807, 2.05) is 7.05 Å². The molecule has 1 saturated heterocycles. The molecule has 0 aromatic carbocycles. The van der Waals surface area contributed by atoms with E-state index in [0.29, 0.717) is 5.41 Å². The molecule has 1 heterocycles. The normalized spacial score (nSPS) is 20.8. The fourth-order valence-electron chi connectivity index (χ4n) is 2.69. The van der Waals surface area contributed by atoms with Crippen molar-refractivity contribution in [1.29, 1.82) is 0 Å². The van der Waals surface area contributed by atoms with Crippen LogP contribution in [-0.4, -0.2) is 38.1 Å². The lowest BCUT2D eigenvalue weighted by Gasteiger charge is -2.37. The maximum atomic E-state index is 3.29. The lowest BCUT2D eigenvalue weighted by molar-refractivity contribution is 0.127. The molecule has 0 saturated carbocycles. The number of hydrogen-bond acceptors (Lipinski definition) is 2. The summed E-state index contributed by atoms with van der Waals surface area (Å²) >= 11 is 0. The van der Waals surface area contributed by atoms with Crippen molar-refractivity contribution in [2.24, 2.45) is 11.3 Å². The molecule has 1 fully saturated rings. The summed E-state index contributed by atoms with van der Waals surface area (Å²) in [7, 11) is 2.05. The highest BCUT2D eigenvalue weighted by Gasteiger charge is 2.24. The maximum absolute atomic E-state index is 3.29. The molecule has 2 nitrogen and oxygen atoms in total. The highest BCUT2D eigenvalue weighted by atomic mass is 15.1. The number of hydrogen-bond donors (Lipinski definition) is 1. The van der Waals surface area contributed by atoms with Crippen LogP contribution in [0.4, 0.5) is 0 Å². The van der Waals surface area contributed by atoms with Gasteiger partial charge in [0.2, 0.25) is 0 Å². The van der Waals surface area contributed by atoms with Crippen LogP contribution in [0.15, 0.2) is 0 Å². The Bertz CT molecular complexity index is 169. The Balaban J connectivity index is 2.28. The topological polar surface area (TPSA) is 15.3 Å². The average Bonchev–Trinajstić information content (AvgIpc) is 2.18. The third-order valence-electron chi connectivity index (χ3n) is 3.59. The van der Waals surface area contributed by atoms with Crippen molar-refractivity contribution < 1.29 is 0 Å². The minimum absolute atomic E-state index is 0.411. The quantitative estimate of drug-likeness (QED) is 0.752. The summed E-state index contributed by atoms with van der Waals surface area (Å²) in [6, 6.07) is 0. The van der Waals surface area contributed by atoms with Crippen LogP contribution in [0.3, 0.4) is 0 Å². The van der Waals surface area contributed by atoms with E-state index >= 15 is 0 Å². The monoisotopic (exact) mass is 212 g/mol. The molecule has 0 aromatic heterocycles. The molecule has 2 heteroatoms. The lowest BCUT2D eigenvalue weighted by Crippen LogP contribution is -2.43. The van der Waals surface area contributed by atoms with Gasteiger partial charge < -0.3 is 10.2 Å². The molecule has 0 bridgehead atoms. The second kappa shape index (κ2) is 5.86. The van der Waals surface area contributed by atoms with E-state index < -0.39 is 0 Å². The molecule has 0 spiro atoms. The second-order valence-electron chi connectivity index (χ2n) is 5.82. The second-order valence-corrected chi connectivity index (χ2v) is 5.82. The number of nitrogens with zero attached hydrogens (tertiary/aromatic N) is 1. The largest absolute Gasteiger partial charge is 0.319 e. The number of nitrogens with one attached hydrogen (secondary N) is 1. The van der Waals surface area contributed by atoms with Gasteiger partial charge in [0.15, 0.2) is 0 Å². The van der Waals surface area contributed by atoms with E-state index in [1.54, 1.807) is 0 Å². The van der Waals surface area contributed by atoms with Crippen LogP contribution in [0.1, 0.15) is 40.0 Å². The van der Waals surface area contributed by atoms with Gasteiger partial charge in [0.1, 0.15) is 0 Å². The van der Waals surface area contributed by atoms with Crippen LogP contribution in [0.25, 0.3) is 0 Å². The van der Waals surface area contributed by atoms with Gasteiger partial charge in [-0.05, 0) is 44.3 Å². The zero-order valence-electron chi connectivity index (χ0n) is 11.0. The molecular weight excluding hydrogens is 184 g/mol. The van der Waals surface area contributed by atoms with Gasteiger partial charge in [-0.3, -0.25) is 0 Å². The van der Waals surface area contributed by atoms with E-state index in [1.165, 1.54) is 38.9 Å². The Hall–Kier alpha value is -0.0800. The Morgan fingerprint density at radius 1 is 1.27 bits per heavy atom. The molecule has 0 aromatic rings. The van der Waals surface area contributed by atoms with Crippen LogP contribution in [0, 0.1) is 11.3 Å². The van der Waals surface area contributed by atoms with Crippen molar-refractivity contribution in [3.05, 3.63) is 0 Å². The van der Waals surface area contributed by atoms with Crippen molar-refractivity contribution >= 4 is 0 Å². The van der Waals surface area contributed by atoms with Crippen molar-refractivity contribution in [3.63, 3.8) is 0 Å². The molecule has 0 amide bonds. The van der Waals surface area contributed by atoms with E-state index in [-0.39, 0.29) is 0 Å². The van der Waals surface area contributed by atoms with Gasteiger partial charge in [-0.1, -0.05) is 27.2 Å². The summed E-state index contributed by atoms with van der Waals surface area (Å²) in [5.74, 6) is 0.994. The number of likely N-dealkylation sites (tertiary alicyclic amines) is 1. The molecule has 0 atom stereocenters. The molecule has 0 aliphatic carbocycles. The minimum atomic E-state index is 0.411. The Kier molecular flexibility index (Phi) is 5.07. The fraction of sp³-hybridized carbons (Fsp3) is 1.00. The summed E-state index contributed by atoms with van der Waals surface area (Å²) in [5, 5.41) is 3.29. The summed E-state index contributed by atoms with van der Waals surface area (Å²) in [6.45, 7) is 12.0. The van der Waals surface area contributed by atoms with Crippen LogP contribution in [0.2, 0.25) is 0 Å². The summed E-state index contributed by atoms with van der Waals surface area (Å²) < 4.78 is 0. The Morgan fingerprint density at radius 3 is 2.33 bits per heavy atom. The van der Waals surface area contributed by atoms with Crippen molar-refractivity contribution in [2.75, 3.05) is 33.2 Å². The predicted octanol–water partition coefficient (Wildman–Crippen LogP) is 2.35. The van der Waals surface area contributed by atoms with Crippen LogP contribution < -0.4 is 5.32 Å². The van der Waals surface area contributed by atoms with Crippen LogP contribution in [-0.2, 0) is 0 Å². The van der Waals surface area contributed by atoms with Crippen molar-refractivity contribution in [3.8, 4) is 0 Å². The third-order valence-corrected chi connectivity index (χ3v) is 3.59. The van der Waals surface area contributed by atoms with Crippen molar-refractivity contribution in [1.82, 2.24) is 10.2 Å². The molecule has 1 rings (SSSR count). The highest BCUT2D eigenvalue weighted by molar-refractivity contribution is 4.79. The fourth-order valence-corrected chi connectivity index (χ4v) is 2.69. The van der Waals surface area contributed by atoms with E-state index in [9.17, 15) is 0 Å². The maximum Gasteiger partial charge on any atom is 0.00448 e. The van der Waals surface area contributed by atoms with Gasteiger partial charge in [0.05, 0.1) is 0 Å². The number of rotatable bonds is 5. The average molecular weight is 212 g/mol. The summed E-state index contributed by atoms with van der Waals surface area (Å²) in [6.07, 6.45) is 4.19. The molecule has 15 heavy (non-hydrogen) atoms. The highest BCUT2D eigenvalue weighted by Crippen LogP contribution is 2.23. The first kappa shape index (κ1) is 13.0. The van der Waals surface area contributed by atoms with Gasteiger partial charge in [0.25, 0.3) is 0 Å². The van der Waals surface area contributed by atoms with Gasteiger partial charge >= 0.3 is 0 Å². The standard InChI is InChI=1S/C13H28N2/c1-5-12-6-8-15(9-7-12)11-13(2,3)10-14-4/h12,14H,5-11H2,1-4H3. The van der Waals surface area contributed by atoms with Crippen LogP contribution >= 0.6 is 0 Å². The first-order valence-electron chi connectivity index (χ1n) is 6.44. The Labute approximate surface area is 95.4 Å². The summed E-state index contributed by atoms with van der Waals surface area (Å²) in [5.41, 5.74) is 0.411. The molecule has 1 aliphatic heterocycles. The molecule has 1 aliphatic rings. The first-order valence-corrected chi connectivity index (χ1v) is 6.44. The molecular formula is C13H28N2. The lowest BCUT2D eigenvalue weighted by atomic mass is 9.89. The van der Waals surface area contributed by atoms with Gasteiger partial charge in [-0.25, -0.2) is 0 Å². The third kappa shape index (κ3) is 4.52. The molecule has 0 radical (unpaired) electrons. The van der Waals surface area contributed by atoms with Crippen LogP contribution in [0.5, 0.6) is 0 Å². The van der Waals surface area contributed by atoms with Gasteiger partial charge in [-0.15, -0.1) is 0 Å². The molecule has 1 N–H and O–H groups in total. The first-order chi connectivity index (χ1) is 7.07. The van der Waals surface area contributed by atoms with Gasteiger partial charge in [0, 0.05) is 13.1 Å². The molecule has 0 unspecified atom stereocenters. The SMILES string of the molecule is CCC1CCN(CC(C)(C)CNC)CC1. The Morgan fingerprint density at radius 2 is 1.87 bits per heavy atom. The zero-order valence-corrected chi connectivity index (χ0v) is 11.0. The number of piperidine rings is 1. The zero-order chi connectivity index (χ0) is 11.3. The van der Waals surface area contributed by atoms with E-state index in [2.05, 4.69) is 31.0 Å². The summed E-state index contributed by atoms with van der Waals surface area (Å²) in [4.78, 5) is 2.64. The van der Waals surface area contributed by atoms with Crippen molar-refractivity contribution in [2.45, 2.75) is 40.0 Å². The predicted molar refractivity (Wildman–Crippen MR) is 67.2 cm³/mol. The van der Waals surface area contributed by atoms with E-state index in [0.717, 1.165) is 12.5 Å². The van der Waals surface area contributed by atoms with Gasteiger partial charge in [-0.2, -0.15) is 0 Å². The van der Waals surface area contributed by atoms with E-state index in [4.69, 9.17) is 0 Å². The smallest absolute Gasteiger partial charge is 0.00448 e. The minimum Gasteiger partial charge on any atom is -0.319 e. The molecule has 90 valence electrons.